The van der Waals surface area contributed by atoms with E-state index in [0.717, 1.165) is 16.7 Å². The van der Waals surface area contributed by atoms with Crippen LogP contribution in [0.25, 0.3) is 5.57 Å². The zero-order valence-corrected chi connectivity index (χ0v) is 19.3. The Morgan fingerprint density at radius 2 is 1.67 bits per heavy atom. The largest absolute Gasteiger partial charge is 0.486 e. The van der Waals surface area contributed by atoms with Gasteiger partial charge < -0.3 is 19.5 Å². The lowest BCUT2D eigenvalue weighted by molar-refractivity contribution is -0.111. The molecule has 3 aromatic rings. The van der Waals surface area contributed by atoms with Crippen molar-refractivity contribution in [2.45, 2.75) is 26.2 Å². The first-order valence-corrected chi connectivity index (χ1v) is 10.9. The number of hydrogen-bond donors (Lipinski definition) is 1. The van der Waals surface area contributed by atoms with Gasteiger partial charge in [-0.05, 0) is 40.3 Å². The summed E-state index contributed by atoms with van der Waals surface area (Å²) >= 11 is 0. The normalized spacial score (nSPS) is 13.4. The van der Waals surface area contributed by atoms with Crippen LogP contribution in [0.3, 0.4) is 0 Å². The highest BCUT2D eigenvalue weighted by molar-refractivity contribution is 6.06. The molecular formula is C27H28N2O4. The Hall–Kier alpha value is -3.80. The molecule has 2 heterocycles. The van der Waals surface area contributed by atoms with E-state index >= 15 is 0 Å². The number of rotatable bonds is 5. The Kier molecular flexibility index (Phi) is 6.36. The number of anilines is 1. The molecular weight excluding hydrogens is 416 g/mol. The van der Waals surface area contributed by atoms with Gasteiger partial charge in [-0.2, -0.15) is 0 Å². The van der Waals surface area contributed by atoms with Gasteiger partial charge in [-0.3, -0.25) is 4.79 Å². The molecule has 1 N–H and O–H groups in total. The summed E-state index contributed by atoms with van der Waals surface area (Å²) in [4.78, 5) is 17.3. The average Bonchev–Trinajstić information content (AvgIpc) is 2.82. The Balaban J connectivity index is 1.65. The number of hydrogen-bond acceptors (Lipinski definition) is 5. The summed E-state index contributed by atoms with van der Waals surface area (Å²) < 4.78 is 16.3. The molecule has 4 rings (SSSR count). The van der Waals surface area contributed by atoms with E-state index in [1.54, 1.807) is 43.6 Å². The highest BCUT2D eigenvalue weighted by Gasteiger charge is 2.16. The third kappa shape index (κ3) is 5.34. The van der Waals surface area contributed by atoms with Gasteiger partial charge >= 0.3 is 0 Å². The molecule has 33 heavy (non-hydrogen) atoms. The Bertz CT molecular complexity index is 1160. The second-order valence-electron chi connectivity index (χ2n) is 8.82. The maximum Gasteiger partial charge on any atom is 0.249 e. The predicted molar refractivity (Wildman–Crippen MR) is 129 cm³/mol. The number of nitrogens with zero attached hydrogens (tertiary/aromatic N) is 1. The zero-order valence-electron chi connectivity index (χ0n) is 19.3. The van der Waals surface area contributed by atoms with E-state index < -0.39 is 0 Å². The van der Waals surface area contributed by atoms with Crippen molar-refractivity contribution in [3.63, 3.8) is 0 Å². The number of amides is 1. The standard InChI is InChI=1S/C27H28N2O4/c1-27(2,3)20-8-5-18(6-9-20)22(19-7-12-26(31-4)28-17-19)16-25(30)29-21-10-11-23-24(15-21)33-14-13-32-23/h5-12,15-17H,13-14H2,1-4H3,(H,29,30)/b22-16-. The van der Waals surface area contributed by atoms with Crippen LogP contribution in [0.4, 0.5) is 5.69 Å². The monoisotopic (exact) mass is 444 g/mol. The van der Waals surface area contributed by atoms with Gasteiger partial charge in [0.1, 0.15) is 13.2 Å². The van der Waals surface area contributed by atoms with E-state index in [0.29, 0.717) is 36.3 Å². The zero-order chi connectivity index (χ0) is 23.4. The molecule has 6 heteroatoms. The number of fused-ring (bicyclic) bond motifs is 1. The van der Waals surface area contributed by atoms with Crippen molar-refractivity contribution in [2.75, 3.05) is 25.6 Å². The molecule has 0 aliphatic carbocycles. The molecule has 0 atom stereocenters. The van der Waals surface area contributed by atoms with E-state index in [1.807, 2.05) is 18.2 Å². The van der Waals surface area contributed by atoms with Crippen LogP contribution in [0.2, 0.25) is 0 Å². The van der Waals surface area contributed by atoms with Crippen molar-refractivity contribution in [1.82, 2.24) is 4.98 Å². The molecule has 0 saturated carbocycles. The summed E-state index contributed by atoms with van der Waals surface area (Å²) in [7, 11) is 1.57. The first-order valence-electron chi connectivity index (χ1n) is 10.9. The number of methoxy groups -OCH3 is 1. The highest BCUT2D eigenvalue weighted by Crippen LogP contribution is 2.33. The Morgan fingerprint density at radius 1 is 0.970 bits per heavy atom. The lowest BCUT2D eigenvalue weighted by Crippen LogP contribution is -2.16. The van der Waals surface area contributed by atoms with Crippen molar-refractivity contribution in [3.8, 4) is 17.4 Å². The lowest BCUT2D eigenvalue weighted by atomic mass is 9.86. The summed E-state index contributed by atoms with van der Waals surface area (Å²) in [6, 6.07) is 17.3. The Morgan fingerprint density at radius 3 is 2.30 bits per heavy atom. The minimum Gasteiger partial charge on any atom is -0.486 e. The van der Waals surface area contributed by atoms with E-state index in [-0.39, 0.29) is 11.3 Å². The highest BCUT2D eigenvalue weighted by atomic mass is 16.6. The van der Waals surface area contributed by atoms with Gasteiger partial charge in [0.25, 0.3) is 0 Å². The molecule has 0 saturated heterocycles. The molecule has 1 aliphatic heterocycles. The number of aromatic nitrogens is 1. The van der Waals surface area contributed by atoms with Gasteiger partial charge in [0.05, 0.1) is 7.11 Å². The molecule has 0 fully saturated rings. The van der Waals surface area contributed by atoms with Crippen molar-refractivity contribution < 1.29 is 19.0 Å². The number of pyridine rings is 1. The van der Waals surface area contributed by atoms with Crippen LogP contribution in [0.5, 0.6) is 17.4 Å². The minimum atomic E-state index is -0.252. The van der Waals surface area contributed by atoms with Gasteiger partial charge in [0, 0.05) is 35.7 Å². The molecule has 1 aliphatic rings. The number of carbonyl (C=O) groups excluding carboxylic acids is 1. The second kappa shape index (κ2) is 9.36. The number of benzene rings is 2. The average molecular weight is 445 g/mol. The van der Waals surface area contributed by atoms with Gasteiger partial charge in [-0.15, -0.1) is 0 Å². The summed E-state index contributed by atoms with van der Waals surface area (Å²) in [6.07, 6.45) is 3.30. The van der Waals surface area contributed by atoms with E-state index in [4.69, 9.17) is 14.2 Å². The van der Waals surface area contributed by atoms with Gasteiger partial charge in [-0.1, -0.05) is 45.0 Å². The maximum absolute atomic E-state index is 13.0. The van der Waals surface area contributed by atoms with Crippen molar-refractivity contribution >= 4 is 17.2 Å². The summed E-state index contributed by atoms with van der Waals surface area (Å²) in [5.41, 5.74) is 4.40. The maximum atomic E-state index is 13.0. The van der Waals surface area contributed by atoms with E-state index in [1.165, 1.54) is 5.56 Å². The molecule has 0 bridgehead atoms. The second-order valence-corrected chi connectivity index (χ2v) is 8.82. The minimum absolute atomic E-state index is 0.0414. The third-order valence-electron chi connectivity index (χ3n) is 5.40. The van der Waals surface area contributed by atoms with Crippen molar-refractivity contribution in [3.05, 3.63) is 83.6 Å². The predicted octanol–water partition coefficient (Wildman–Crippen LogP) is 5.23. The van der Waals surface area contributed by atoms with Crippen molar-refractivity contribution in [1.29, 1.82) is 0 Å². The molecule has 1 aromatic heterocycles. The van der Waals surface area contributed by atoms with Gasteiger partial charge in [-0.25, -0.2) is 4.98 Å². The topological polar surface area (TPSA) is 69.7 Å². The summed E-state index contributed by atoms with van der Waals surface area (Å²) in [5.74, 6) is 1.57. The molecule has 6 nitrogen and oxygen atoms in total. The fourth-order valence-electron chi connectivity index (χ4n) is 3.57. The molecule has 0 radical (unpaired) electrons. The molecule has 0 unspecified atom stereocenters. The fourth-order valence-corrected chi connectivity index (χ4v) is 3.57. The summed E-state index contributed by atoms with van der Waals surface area (Å²) in [6.45, 7) is 7.53. The SMILES string of the molecule is COc1ccc(/C(=C\C(=O)Nc2ccc3c(c2)OCCO3)c2ccc(C(C)(C)C)cc2)cn1. The third-order valence-corrected chi connectivity index (χ3v) is 5.40. The van der Waals surface area contributed by atoms with Crippen LogP contribution in [0.15, 0.2) is 66.9 Å². The van der Waals surface area contributed by atoms with Crippen LogP contribution in [0.1, 0.15) is 37.5 Å². The first-order chi connectivity index (χ1) is 15.8. The number of carbonyl (C=O) groups is 1. The quantitative estimate of drug-likeness (QED) is 0.546. The van der Waals surface area contributed by atoms with Crippen LogP contribution in [-0.2, 0) is 10.2 Å². The van der Waals surface area contributed by atoms with Gasteiger partial charge in [0.2, 0.25) is 11.8 Å². The molecule has 1 amide bonds. The first kappa shape index (κ1) is 22.4. The van der Waals surface area contributed by atoms with Crippen LogP contribution in [0, 0.1) is 0 Å². The fraction of sp³-hybridized carbons (Fsp3) is 0.259. The van der Waals surface area contributed by atoms with Crippen LogP contribution in [-0.4, -0.2) is 31.2 Å². The summed E-state index contributed by atoms with van der Waals surface area (Å²) in [5, 5.41) is 2.92. The van der Waals surface area contributed by atoms with Crippen molar-refractivity contribution in [2.24, 2.45) is 0 Å². The smallest absolute Gasteiger partial charge is 0.249 e. The van der Waals surface area contributed by atoms with Gasteiger partial charge in [0.15, 0.2) is 11.5 Å². The molecule has 170 valence electrons. The number of ether oxygens (including phenoxy) is 3. The number of nitrogens with one attached hydrogen (secondary N) is 1. The van der Waals surface area contributed by atoms with E-state index in [9.17, 15) is 4.79 Å². The Labute approximate surface area is 194 Å². The van der Waals surface area contributed by atoms with Crippen LogP contribution >= 0.6 is 0 Å². The lowest BCUT2D eigenvalue weighted by Gasteiger charge is -2.20. The molecule has 0 spiro atoms. The molecule has 2 aromatic carbocycles. The van der Waals surface area contributed by atoms with E-state index in [2.05, 4.69) is 43.2 Å². The van der Waals surface area contributed by atoms with Crippen LogP contribution < -0.4 is 19.5 Å².